The Bertz CT molecular complexity index is 874. The lowest BCUT2D eigenvalue weighted by atomic mass is 9.91. The molecule has 4 nitrogen and oxygen atoms in total. The summed E-state index contributed by atoms with van der Waals surface area (Å²) >= 11 is 5.89. The molecular formula is C22H19ClN2O2. The second-order valence-corrected chi connectivity index (χ2v) is 6.48. The summed E-state index contributed by atoms with van der Waals surface area (Å²) in [6.07, 6.45) is 0. The molecule has 3 aromatic carbocycles. The topological polar surface area (TPSA) is 58.2 Å². The first kappa shape index (κ1) is 18.7. The molecule has 3 aromatic rings. The highest BCUT2D eigenvalue weighted by atomic mass is 35.5. The zero-order valence-corrected chi connectivity index (χ0v) is 15.3. The van der Waals surface area contributed by atoms with Gasteiger partial charge in [0, 0.05) is 23.2 Å². The normalized spacial score (nSPS) is 10.4. The third-order valence-corrected chi connectivity index (χ3v) is 4.39. The molecule has 0 atom stereocenters. The molecule has 2 N–H and O–H groups in total. The first-order chi connectivity index (χ1) is 13.1. The molecule has 0 saturated heterocycles. The van der Waals surface area contributed by atoms with Crippen molar-refractivity contribution in [2.45, 2.75) is 5.92 Å². The minimum Gasteiger partial charge on any atom is -0.347 e. The molecule has 0 aliphatic rings. The molecule has 0 unspecified atom stereocenters. The van der Waals surface area contributed by atoms with Crippen molar-refractivity contribution in [3.05, 3.63) is 101 Å². The van der Waals surface area contributed by atoms with E-state index in [1.807, 2.05) is 60.7 Å². The summed E-state index contributed by atoms with van der Waals surface area (Å²) in [5.74, 6) is -1.46. The summed E-state index contributed by atoms with van der Waals surface area (Å²) in [7, 11) is 0. The largest absolute Gasteiger partial charge is 0.347 e. The third-order valence-electron chi connectivity index (χ3n) is 4.16. The third kappa shape index (κ3) is 5.19. The van der Waals surface area contributed by atoms with E-state index in [0.717, 1.165) is 11.1 Å². The van der Waals surface area contributed by atoms with E-state index in [0.29, 0.717) is 17.3 Å². The number of anilines is 1. The van der Waals surface area contributed by atoms with Gasteiger partial charge in [-0.1, -0.05) is 78.3 Å². The minimum absolute atomic E-state index is 0.0460. The van der Waals surface area contributed by atoms with Crippen molar-refractivity contribution in [1.82, 2.24) is 5.32 Å². The molecule has 0 saturated carbocycles. The summed E-state index contributed by atoms with van der Waals surface area (Å²) in [5, 5.41) is 5.77. The van der Waals surface area contributed by atoms with Gasteiger partial charge in [0.1, 0.15) is 0 Å². The first-order valence-corrected chi connectivity index (χ1v) is 8.96. The van der Waals surface area contributed by atoms with Gasteiger partial charge in [-0.2, -0.15) is 0 Å². The van der Waals surface area contributed by atoms with E-state index < -0.39 is 11.8 Å². The Morgan fingerprint density at radius 3 is 1.93 bits per heavy atom. The summed E-state index contributed by atoms with van der Waals surface area (Å²) in [6.45, 7) is 0.315. The second-order valence-electron chi connectivity index (χ2n) is 6.05. The van der Waals surface area contributed by atoms with Gasteiger partial charge >= 0.3 is 11.8 Å². The van der Waals surface area contributed by atoms with E-state index in [1.165, 1.54) is 0 Å². The molecule has 0 heterocycles. The van der Waals surface area contributed by atoms with E-state index in [9.17, 15) is 9.59 Å². The van der Waals surface area contributed by atoms with Crippen molar-refractivity contribution in [1.29, 1.82) is 0 Å². The fraction of sp³-hybridized carbons (Fsp3) is 0.0909. The van der Waals surface area contributed by atoms with Gasteiger partial charge in [-0.25, -0.2) is 0 Å². The number of halogens is 1. The van der Waals surface area contributed by atoms with Gasteiger partial charge in [-0.15, -0.1) is 0 Å². The van der Waals surface area contributed by atoms with Crippen molar-refractivity contribution in [2.75, 3.05) is 11.9 Å². The SMILES string of the molecule is O=C(NCC(c1ccccc1)c1ccccc1)C(=O)Nc1cccc(Cl)c1. The minimum atomic E-state index is -0.725. The van der Waals surface area contributed by atoms with Gasteiger partial charge in [0.2, 0.25) is 0 Å². The lowest BCUT2D eigenvalue weighted by Crippen LogP contribution is -2.37. The maximum Gasteiger partial charge on any atom is 0.313 e. The van der Waals surface area contributed by atoms with Crippen LogP contribution in [-0.2, 0) is 9.59 Å². The van der Waals surface area contributed by atoms with E-state index in [2.05, 4.69) is 10.6 Å². The Kier molecular flexibility index (Phi) is 6.23. The number of carbonyl (C=O) groups is 2. The highest BCUT2D eigenvalue weighted by Crippen LogP contribution is 2.23. The average Bonchev–Trinajstić information content (AvgIpc) is 2.69. The maximum absolute atomic E-state index is 12.2. The molecule has 0 radical (unpaired) electrons. The average molecular weight is 379 g/mol. The molecule has 2 amide bonds. The molecule has 3 rings (SSSR count). The van der Waals surface area contributed by atoms with Crippen LogP contribution < -0.4 is 10.6 Å². The van der Waals surface area contributed by atoms with Crippen molar-refractivity contribution >= 4 is 29.1 Å². The molecule has 0 aliphatic heterocycles. The fourth-order valence-electron chi connectivity index (χ4n) is 2.83. The van der Waals surface area contributed by atoms with Crippen molar-refractivity contribution in [3.63, 3.8) is 0 Å². The van der Waals surface area contributed by atoms with E-state index >= 15 is 0 Å². The van der Waals surface area contributed by atoms with E-state index in [-0.39, 0.29) is 5.92 Å². The van der Waals surface area contributed by atoms with Gasteiger partial charge in [0.25, 0.3) is 0 Å². The molecule has 0 aliphatic carbocycles. The summed E-state index contributed by atoms with van der Waals surface area (Å²) in [6, 6.07) is 26.4. The van der Waals surface area contributed by atoms with Crippen molar-refractivity contribution in [2.24, 2.45) is 0 Å². The highest BCUT2D eigenvalue weighted by Gasteiger charge is 2.18. The molecule has 136 valence electrons. The number of nitrogens with one attached hydrogen (secondary N) is 2. The van der Waals surface area contributed by atoms with Gasteiger partial charge in [-0.05, 0) is 29.3 Å². The Hall–Kier alpha value is -3.11. The lowest BCUT2D eigenvalue weighted by Gasteiger charge is -2.18. The standard InChI is InChI=1S/C22H19ClN2O2/c23-18-12-7-13-19(14-18)25-22(27)21(26)24-15-20(16-8-3-1-4-9-16)17-10-5-2-6-11-17/h1-14,20H,15H2,(H,24,26)(H,25,27). The van der Waals surface area contributed by atoms with Gasteiger partial charge in [0.05, 0.1) is 0 Å². The lowest BCUT2D eigenvalue weighted by molar-refractivity contribution is -0.136. The predicted octanol–water partition coefficient (Wildman–Crippen LogP) is 4.23. The Morgan fingerprint density at radius 2 is 1.37 bits per heavy atom. The van der Waals surface area contributed by atoms with Crippen LogP contribution >= 0.6 is 11.6 Å². The van der Waals surface area contributed by atoms with Crippen LogP contribution in [0.5, 0.6) is 0 Å². The van der Waals surface area contributed by atoms with Crippen LogP contribution in [0, 0.1) is 0 Å². The molecule has 0 aromatic heterocycles. The second kappa shape index (κ2) is 9.01. The molecule has 0 spiro atoms. The zero-order chi connectivity index (χ0) is 19.1. The number of benzene rings is 3. The van der Waals surface area contributed by atoms with Crippen LogP contribution in [0.3, 0.4) is 0 Å². The summed E-state index contributed by atoms with van der Waals surface area (Å²) in [5.41, 5.74) is 2.61. The van der Waals surface area contributed by atoms with Crippen molar-refractivity contribution < 1.29 is 9.59 Å². The Labute approximate surface area is 163 Å². The Balaban J connectivity index is 1.68. The summed E-state index contributed by atoms with van der Waals surface area (Å²) < 4.78 is 0. The predicted molar refractivity (Wildman–Crippen MR) is 108 cm³/mol. The van der Waals surface area contributed by atoms with Crippen LogP contribution in [-0.4, -0.2) is 18.4 Å². The van der Waals surface area contributed by atoms with Gasteiger partial charge in [-0.3, -0.25) is 9.59 Å². The summed E-state index contributed by atoms with van der Waals surface area (Å²) in [4.78, 5) is 24.4. The van der Waals surface area contributed by atoms with Crippen LogP contribution in [0.15, 0.2) is 84.9 Å². The van der Waals surface area contributed by atoms with Crippen LogP contribution in [0.4, 0.5) is 5.69 Å². The van der Waals surface area contributed by atoms with Gasteiger partial charge in [0.15, 0.2) is 0 Å². The van der Waals surface area contributed by atoms with Crippen LogP contribution in [0.25, 0.3) is 0 Å². The molecular weight excluding hydrogens is 360 g/mol. The molecule has 0 fully saturated rings. The fourth-order valence-corrected chi connectivity index (χ4v) is 3.02. The monoisotopic (exact) mass is 378 g/mol. The number of rotatable bonds is 5. The number of carbonyl (C=O) groups excluding carboxylic acids is 2. The van der Waals surface area contributed by atoms with Gasteiger partial charge < -0.3 is 10.6 Å². The zero-order valence-electron chi connectivity index (χ0n) is 14.6. The van der Waals surface area contributed by atoms with Crippen molar-refractivity contribution in [3.8, 4) is 0 Å². The van der Waals surface area contributed by atoms with Crippen LogP contribution in [0.1, 0.15) is 17.0 Å². The number of amides is 2. The molecule has 5 heteroatoms. The first-order valence-electron chi connectivity index (χ1n) is 8.58. The number of hydrogen-bond acceptors (Lipinski definition) is 2. The van der Waals surface area contributed by atoms with E-state index in [1.54, 1.807) is 24.3 Å². The maximum atomic E-state index is 12.2. The van der Waals surface area contributed by atoms with E-state index in [4.69, 9.17) is 11.6 Å². The molecule has 27 heavy (non-hydrogen) atoms. The highest BCUT2D eigenvalue weighted by molar-refractivity contribution is 6.39. The number of hydrogen-bond donors (Lipinski definition) is 2. The smallest absolute Gasteiger partial charge is 0.313 e. The Morgan fingerprint density at radius 1 is 0.778 bits per heavy atom. The molecule has 0 bridgehead atoms. The quantitative estimate of drug-likeness (QED) is 0.653. The van der Waals surface area contributed by atoms with Crippen LogP contribution in [0.2, 0.25) is 5.02 Å².